The lowest BCUT2D eigenvalue weighted by atomic mass is 9.99. The van der Waals surface area contributed by atoms with Crippen LogP contribution in [0.2, 0.25) is 0 Å². The Balaban J connectivity index is 1.19. The van der Waals surface area contributed by atoms with Gasteiger partial charge in [-0.05, 0) is 34.5 Å². The maximum atomic E-state index is 11.2. The molecule has 5 rings (SSSR count). The molecule has 5 aromatic rings. The Hall–Kier alpha value is -3.85. The number of nitrogens with zero attached hydrogens (tertiary/aromatic N) is 2. The van der Waals surface area contributed by atoms with E-state index in [2.05, 4.69) is 25.5 Å². The summed E-state index contributed by atoms with van der Waals surface area (Å²) >= 11 is 0. The van der Waals surface area contributed by atoms with Crippen LogP contribution < -0.4 is 10.9 Å². The molecule has 2 unspecified atom stereocenters. The fourth-order valence-electron chi connectivity index (χ4n) is 4.13. The van der Waals surface area contributed by atoms with Crippen molar-refractivity contribution in [1.82, 2.24) is 25.5 Å². The van der Waals surface area contributed by atoms with E-state index in [1.54, 1.807) is 6.07 Å². The van der Waals surface area contributed by atoms with Crippen LogP contribution in [0.3, 0.4) is 0 Å². The molecule has 0 saturated heterocycles. The molecule has 0 spiro atoms. The lowest BCUT2D eigenvalue weighted by molar-refractivity contribution is -0.000469. The second kappa shape index (κ2) is 9.56. The number of imidazole rings is 1. The molecule has 0 amide bonds. The van der Waals surface area contributed by atoms with Crippen molar-refractivity contribution < 1.29 is 10.2 Å². The molecule has 0 saturated carbocycles. The highest BCUT2D eigenvalue weighted by atomic mass is 16.3. The molecule has 8 heteroatoms. The summed E-state index contributed by atoms with van der Waals surface area (Å²) in [5, 5.41) is 32.6. The van der Waals surface area contributed by atoms with Crippen molar-refractivity contribution in [3.63, 3.8) is 0 Å². The first-order valence-corrected chi connectivity index (χ1v) is 11.2. The zero-order valence-electron chi connectivity index (χ0n) is 18.4. The van der Waals surface area contributed by atoms with Crippen LogP contribution >= 0.6 is 0 Å². The average Bonchev–Trinajstić information content (AvgIpc) is 3.26. The van der Waals surface area contributed by atoms with E-state index in [4.69, 9.17) is 0 Å². The number of benzene rings is 3. The fraction of sp³-hybridized carbons (Fsp3) is 0.192. The molecule has 172 valence electrons. The first-order valence-electron chi connectivity index (χ1n) is 11.2. The summed E-state index contributed by atoms with van der Waals surface area (Å²) < 4.78 is 0. The van der Waals surface area contributed by atoms with Crippen molar-refractivity contribution in [2.75, 3.05) is 6.54 Å². The number of rotatable bonds is 8. The molecular weight excluding hydrogens is 430 g/mol. The number of fused-ring (bicyclic) bond motifs is 2. The molecule has 2 aromatic heterocycles. The van der Waals surface area contributed by atoms with Gasteiger partial charge in [-0.2, -0.15) is 5.10 Å². The highest BCUT2D eigenvalue weighted by molar-refractivity contribution is 5.85. The second-order valence-corrected chi connectivity index (χ2v) is 8.28. The number of H-pyrrole nitrogens is 2. The molecule has 3 aromatic carbocycles. The molecular formula is C26H25N5O3. The Morgan fingerprint density at radius 2 is 1.82 bits per heavy atom. The second-order valence-electron chi connectivity index (χ2n) is 8.28. The molecule has 0 aliphatic rings. The fourth-order valence-corrected chi connectivity index (χ4v) is 4.13. The monoisotopic (exact) mass is 455 g/mol. The number of nitrogens with one attached hydrogen (secondary N) is 3. The van der Waals surface area contributed by atoms with Gasteiger partial charge in [-0.25, -0.2) is 10.1 Å². The highest BCUT2D eigenvalue weighted by Gasteiger charge is 2.17. The standard InChI is InChI=1S/C26H25N5O3/c32-23(15-17-6-3-5-16-4-1-2-7-19(16)17)26(34)27-13-12-24-28-21-9-8-18(14-22(21)29-24)20-10-11-25(33)31-30-20/h1-11,14,23,26-27,32,34H,12-13,15H2,(H,28,29)(H,31,33). The number of aromatic nitrogens is 4. The van der Waals surface area contributed by atoms with E-state index in [0.717, 1.165) is 38.8 Å². The predicted octanol–water partition coefficient (Wildman–Crippen LogP) is 2.52. The highest BCUT2D eigenvalue weighted by Crippen LogP contribution is 2.22. The van der Waals surface area contributed by atoms with Gasteiger partial charge >= 0.3 is 0 Å². The summed E-state index contributed by atoms with van der Waals surface area (Å²) in [6.07, 6.45) is -1.09. The molecule has 2 heterocycles. The molecule has 0 bridgehead atoms. The number of hydrogen-bond acceptors (Lipinski definition) is 6. The van der Waals surface area contributed by atoms with Crippen LogP contribution in [0.15, 0.2) is 77.6 Å². The van der Waals surface area contributed by atoms with Crippen molar-refractivity contribution in [3.05, 3.63) is 94.5 Å². The zero-order chi connectivity index (χ0) is 23.5. The quantitative estimate of drug-likeness (QED) is 0.229. The molecule has 8 nitrogen and oxygen atoms in total. The normalized spacial score (nSPS) is 13.4. The molecule has 0 aliphatic heterocycles. The van der Waals surface area contributed by atoms with Gasteiger partial charge in [0, 0.05) is 31.0 Å². The molecule has 0 fully saturated rings. The third kappa shape index (κ3) is 4.74. The van der Waals surface area contributed by atoms with Gasteiger partial charge in [0.1, 0.15) is 12.1 Å². The van der Waals surface area contributed by atoms with Gasteiger partial charge in [-0.15, -0.1) is 0 Å². The van der Waals surface area contributed by atoms with Crippen LogP contribution in [0.4, 0.5) is 0 Å². The number of hydrogen-bond donors (Lipinski definition) is 5. The lowest BCUT2D eigenvalue weighted by Crippen LogP contribution is -2.41. The largest absolute Gasteiger partial charge is 0.389 e. The van der Waals surface area contributed by atoms with Gasteiger partial charge in [0.2, 0.25) is 0 Å². The average molecular weight is 456 g/mol. The maximum Gasteiger partial charge on any atom is 0.264 e. The van der Waals surface area contributed by atoms with Gasteiger partial charge in [0.05, 0.1) is 22.8 Å². The summed E-state index contributed by atoms with van der Waals surface area (Å²) in [6, 6.07) is 22.8. The minimum Gasteiger partial charge on any atom is -0.389 e. The van der Waals surface area contributed by atoms with E-state index < -0.39 is 12.3 Å². The van der Waals surface area contributed by atoms with Gasteiger partial charge in [0.25, 0.3) is 5.56 Å². The summed E-state index contributed by atoms with van der Waals surface area (Å²) in [6.45, 7) is 0.446. The van der Waals surface area contributed by atoms with Crippen molar-refractivity contribution in [1.29, 1.82) is 0 Å². The van der Waals surface area contributed by atoms with Crippen molar-refractivity contribution in [2.45, 2.75) is 25.2 Å². The van der Waals surface area contributed by atoms with E-state index in [1.165, 1.54) is 6.07 Å². The van der Waals surface area contributed by atoms with Crippen molar-refractivity contribution >= 4 is 21.8 Å². The number of aromatic amines is 2. The van der Waals surface area contributed by atoms with Gasteiger partial charge in [0.15, 0.2) is 0 Å². The molecule has 34 heavy (non-hydrogen) atoms. The Morgan fingerprint density at radius 3 is 2.68 bits per heavy atom. The van der Waals surface area contributed by atoms with Crippen LogP contribution in [-0.2, 0) is 12.8 Å². The third-order valence-corrected chi connectivity index (χ3v) is 5.89. The number of aliphatic hydroxyl groups is 2. The third-order valence-electron chi connectivity index (χ3n) is 5.89. The summed E-state index contributed by atoms with van der Waals surface area (Å²) in [5.41, 5.74) is 3.96. The van der Waals surface area contributed by atoms with Gasteiger partial charge < -0.3 is 15.2 Å². The first kappa shape index (κ1) is 22.0. The van der Waals surface area contributed by atoms with E-state index in [9.17, 15) is 15.0 Å². The Labute approximate surface area is 195 Å². The van der Waals surface area contributed by atoms with Gasteiger partial charge in [-0.3, -0.25) is 10.1 Å². The number of aliphatic hydroxyl groups excluding tert-OH is 2. The molecule has 0 radical (unpaired) electrons. The van der Waals surface area contributed by atoms with Crippen LogP contribution in [0.25, 0.3) is 33.1 Å². The lowest BCUT2D eigenvalue weighted by Gasteiger charge is -2.19. The first-order chi connectivity index (χ1) is 16.6. The minimum atomic E-state index is -1.05. The molecule has 5 N–H and O–H groups in total. The zero-order valence-corrected chi connectivity index (χ0v) is 18.4. The van der Waals surface area contributed by atoms with E-state index >= 15 is 0 Å². The molecule has 0 aliphatic carbocycles. The summed E-state index contributed by atoms with van der Waals surface area (Å²) in [4.78, 5) is 19.1. The van der Waals surface area contributed by atoms with Crippen LogP contribution in [0, 0.1) is 0 Å². The van der Waals surface area contributed by atoms with Gasteiger partial charge in [-0.1, -0.05) is 48.5 Å². The van der Waals surface area contributed by atoms with Crippen LogP contribution in [-0.4, -0.2) is 49.3 Å². The van der Waals surface area contributed by atoms with E-state index in [-0.39, 0.29) is 5.56 Å². The maximum absolute atomic E-state index is 11.2. The Bertz CT molecular complexity index is 1470. The summed E-state index contributed by atoms with van der Waals surface area (Å²) in [7, 11) is 0. The van der Waals surface area contributed by atoms with Crippen molar-refractivity contribution in [2.24, 2.45) is 0 Å². The van der Waals surface area contributed by atoms with E-state index in [1.807, 2.05) is 60.7 Å². The Morgan fingerprint density at radius 1 is 0.971 bits per heavy atom. The van der Waals surface area contributed by atoms with Crippen LogP contribution in [0.1, 0.15) is 11.4 Å². The van der Waals surface area contributed by atoms with E-state index in [0.29, 0.717) is 25.1 Å². The topological polar surface area (TPSA) is 127 Å². The SMILES string of the molecule is O=c1ccc(-c2ccc3nc(CCNC(O)C(O)Cc4cccc5ccccc45)[nH]c3c2)n[nH]1. The minimum absolute atomic E-state index is 0.245. The Kier molecular flexibility index (Phi) is 6.18. The molecule has 2 atom stereocenters. The predicted molar refractivity (Wildman–Crippen MR) is 131 cm³/mol. The van der Waals surface area contributed by atoms with Crippen molar-refractivity contribution in [3.8, 4) is 11.3 Å². The smallest absolute Gasteiger partial charge is 0.264 e. The summed E-state index contributed by atoms with van der Waals surface area (Å²) in [5.74, 6) is 0.768. The van der Waals surface area contributed by atoms with Crippen LogP contribution in [0.5, 0.6) is 0 Å².